The standard InChI is InChI=1S/C15H12N2O4/c1-9-16-13(17-21-9)8-20-14-11-5-3-2-4-10(11)6-7-12(14)15(18)19/h2-7H,8H2,1H3,(H,18,19). The Kier molecular flexibility index (Phi) is 3.27. The van der Waals surface area contributed by atoms with E-state index in [2.05, 4.69) is 10.1 Å². The first-order valence-electron chi connectivity index (χ1n) is 6.32. The van der Waals surface area contributed by atoms with Crippen molar-refractivity contribution in [2.45, 2.75) is 13.5 Å². The lowest BCUT2D eigenvalue weighted by atomic mass is 10.1. The number of carboxylic acids is 1. The molecule has 1 N–H and O–H groups in total. The normalized spacial score (nSPS) is 10.7. The van der Waals surface area contributed by atoms with Crippen LogP contribution in [0.1, 0.15) is 22.1 Å². The fourth-order valence-electron chi connectivity index (χ4n) is 2.10. The molecule has 0 saturated heterocycles. The molecule has 3 aromatic rings. The average Bonchev–Trinajstić information content (AvgIpc) is 2.90. The number of fused-ring (bicyclic) bond motifs is 1. The number of aryl methyl sites for hydroxylation is 1. The molecule has 0 atom stereocenters. The third-order valence-corrected chi connectivity index (χ3v) is 3.03. The van der Waals surface area contributed by atoms with Gasteiger partial charge in [0.15, 0.2) is 6.61 Å². The zero-order valence-corrected chi connectivity index (χ0v) is 11.2. The minimum atomic E-state index is -1.04. The summed E-state index contributed by atoms with van der Waals surface area (Å²) in [6.45, 7) is 1.72. The van der Waals surface area contributed by atoms with Crippen molar-refractivity contribution in [1.29, 1.82) is 0 Å². The van der Waals surface area contributed by atoms with Crippen LogP contribution in [0.25, 0.3) is 10.8 Å². The van der Waals surface area contributed by atoms with Crippen LogP contribution in [0.2, 0.25) is 0 Å². The molecule has 1 aromatic heterocycles. The minimum Gasteiger partial charge on any atom is -0.484 e. The number of hydrogen-bond donors (Lipinski definition) is 1. The van der Waals surface area contributed by atoms with E-state index >= 15 is 0 Å². The second-order valence-electron chi connectivity index (χ2n) is 4.49. The molecule has 0 aliphatic carbocycles. The Morgan fingerprint density at radius 1 is 1.29 bits per heavy atom. The van der Waals surface area contributed by atoms with E-state index in [-0.39, 0.29) is 12.2 Å². The van der Waals surface area contributed by atoms with Crippen LogP contribution in [0.3, 0.4) is 0 Å². The first kappa shape index (κ1) is 13.1. The Morgan fingerprint density at radius 2 is 2.10 bits per heavy atom. The van der Waals surface area contributed by atoms with E-state index in [1.54, 1.807) is 13.0 Å². The van der Waals surface area contributed by atoms with Crippen LogP contribution in [0.4, 0.5) is 0 Å². The van der Waals surface area contributed by atoms with Crippen LogP contribution in [0.5, 0.6) is 5.75 Å². The maximum absolute atomic E-state index is 11.4. The summed E-state index contributed by atoms with van der Waals surface area (Å²) in [6.07, 6.45) is 0. The number of hydrogen-bond acceptors (Lipinski definition) is 5. The molecule has 106 valence electrons. The molecule has 21 heavy (non-hydrogen) atoms. The summed E-state index contributed by atoms with van der Waals surface area (Å²) in [5.41, 5.74) is 0.105. The summed E-state index contributed by atoms with van der Waals surface area (Å²) in [5.74, 6) is 0.0739. The molecule has 0 aliphatic heterocycles. The molecule has 3 rings (SSSR count). The van der Waals surface area contributed by atoms with Crippen LogP contribution in [-0.2, 0) is 6.61 Å². The Bertz CT molecular complexity index is 810. The Balaban J connectivity index is 2.01. The maximum atomic E-state index is 11.4. The summed E-state index contributed by atoms with van der Waals surface area (Å²) in [4.78, 5) is 15.4. The molecule has 0 radical (unpaired) electrons. The zero-order valence-electron chi connectivity index (χ0n) is 11.2. The van der Waals surface area contributed by atoms with Gasteiger partial charge in [0.25, 0.3) is 0 Å². The highest BCUT2D eigenvalue weighted by molar-refractivity contribution is 6.00. The van der Waals surface area contributed by atoms with Crippen molar-refractivity contribution in [2.24, 2.45) is 0 Å². The molecule has 0 unspecified atom stereocenters. The molecule has 0 fully saturated rings. The number of carboxylic acid groups (broad SMARTS) is 1. The smallest absolute Gasteiger partial charge is 0.339 e. The molecule has 0 amide bonds. The van der Waals surface area contributed by atoms with Crippen molar-refractivity contribution >= 4 is 16.7 Å². The third kappa shape index (κ3) is 2.55. The van der Waals surface area contributed by atoms with Gasteiger partial charge in [-0.1, -0.05) is 35.5 Å². The van der Waals surface area contributed by atoms with Gasteiger partial charge in [-0.25, -0.2) is 4.79 Å². The van der Waals surface area contributed by atoms with Crippen LogP contribution in [-0.4, -0.2) is 21.2 Å². The first-order valence-corrected chi connectivity index (χ1v) is 6.32. The SMILES string of the molecule is Cc1nc(COc2c(C(=O)O)ccc3ccccc23)no1. The summed E-state index contributed by atoms with van der Waals surface area (Å²) >= 11 is 0. The number of benzene rings is 2. The molecule has 6 nitrogen and oxygen atoms in total. The summed E-state index contributed by atoms with van der Waals surface area (Å²) in [7, 11) is 0. The van der Waals surface area contributed by atoms with Gasteiger partial charge in [-0.05, 0) is 11.5 Å². The predicted molar refractivity (Wildman–Crippen MR) is 74.3 cm³/mol. The predicted octanol–water partition coefficient (Wildman–Crippen LogP) is 2.81. The molecule has 1 heterocycles. The van der Waals surface area contributed by atoms with E-state index in [1.807, 2.05) is 24.3 Å². The van der Waals surface area contributed by atoms with Gasteiger partial charge in [0.05, 0.1) is 0 Å². The topological polar surface area (TPSA) is 85.5 Å². The van der Waals surface area contributed by atoms with Gasteiger partial charge in [0.1, 0.15) is 11.3 Å². The van der Waals surface area contributed by atoms with Gasteiger partial charge in [0, 0.05) is 12.3 Å². The van der Waals surface area contributed by atoms with E-state index in [0.29, 0.717) is 17.5 Å². The quantitative estimate of drug-likeness (QED) is 0.792. The number of rotatable bonds is 4. The third-order valence-electron chi connectivity index (χ3n) is 3.03. The number of nitrogens with zero attached hydrogens (tertiary/aromatic N) is 2. The van der Waals surface area contributed by atoms with Crippen molar-refractivity contribution in [2.75, 3.05) is 0 Å². The van der Waals surface area contributed by atoms with E-state index in [1.165, 1.54) is 6.07 Å². The maximum Gasteiger partial charge on any atom is 0.339 e. The van der Waals surface area contributed by atoms with Crippen molar-refractivity contribution < 1.29 is 19.2 Å². The highest BCUT2D eigenvalue weighted by atomic mass is 16.5. The van der Waals surface area contributed by atoms with Gasteiger partial charge in [-0.3, -0.25) is 0 Å². The molecular formula is C15H12N2O4. The number of ether oxygens (including phenoxy) is 1. The second kappa shape index (κ2) is 5.24. The van der Waals surface area contributed by atoms with Crippen LogP contribution < -0.4 is 4.74 Å². The first-order chi connectivity index (χ1) is 10.1. The lowest BCUT2D eigenvalue weighted by molar-refractivity contribution is 0.0692. The molecule has 0 bridgehead atoms. The number of carbonyl (C=O) groups is 1. The van der Waals surface area contributed by atoms with E-state index in [9.17, 15) is 9.90 Å². The summed E-state index contributed by atoms with van der Waals surface area (Å²) < 4.78 is 10.5. The lowest BCUT2D eigenvalue weighted by Gasteiger charge is -2.10. The van der Waals surface area contributed by atoms with Crippen molar-refractivity contribution in [1.82, 2.24) is 10.1 Å². The zero-order chi connectivity index (χ0) is 14.8. The highest BCUT2D eigenvalue weighted by Gasteiger charge is 2.15. The fourth-order valence-corrected chi connectivity index (χ4v) is 2.10. The Hall–Kier alpha value is -2.89. The lowest BCUT2D eigenvalue weighted by Crippen LogP contribution is -2.05. The molecule has 0 saturated carbocycles. The molecule has 0 aliphatic rings. The van der Waals surface area contributed by atoms with Crippen LogP contribution in [0, 0.1) is 6.92 Å². The number of aromatic carboxylic acids is 1. The molecular weight excluding hydrogens is 272 g/mol. The molecule has 6 heteroatoms. The van der Waals surface area contributed by atoms with Crippen molar-refractivity contribution in [3.8, 4) is 5.75 Å². The Morgan fingerprint density at radius 3 is 2.81 bits per heavy atom. The van der Waals surface area contributed by atoms with Crippen molar-refractivity contribution in [3.63, 3.8) is 0 Å². The fraction of sp³-hybridized carbons (Fsp3) is 0.133. The van der Waals surface area contributed by atoms with Crippen LogP contribution in [0.15, 0.2) is 40.9 Å². The van der Waals surface area contributed by atoms with Crippen molar-refractivity contribution in [3.05, 3.63) is 53.7 Å². The largest absolute Gasteiger partial charge is 0.484 e. The highest BCUT2D eigenvalue weighted by Crippen LogP contribution is 2.30. The van der Waals surface area contributed by atoms with Gasteiger partial charge < -0.3 is 14.4 Å². The van der Waals surface area contributed by atoms with Gasteiger partial charge in [-0.15, -0.1) is 0 Å². The van der Waals surface area contributed by atoms with Gasteiger partial charge in [0.2, 0.25) is 11.7 Å². The minimum absolute atomic E-state index is 0.0472. The summed E-state index contributed by atoms with van der Waals surface area (Å²) in [5, 5.41) is 14.7. The monoisotopic (exact) mass is 284 g/mol. The Labute approximate surface area is 120 Å². The van der Waals surface area contributed by atoms with E-state index in [0.717, 1.165) is 10.8 Å². The molecule has 2 aromatic carbocycles. The van der Waals surface area contributed by atoms with Gasteiger partial charge >= 0.3 is 5.97 Å². The van der Waals surface area contributed by atoms with Crippen LogP contribution >= 0.6 is 0 Å². The van der Waals surface area contributed by atoms with E-state index < -0.39 is 5.97 Å². The second-order valence-corrected chi connectivity index (χ2v) is 4.49. The van der Waals surface area contributed by atoms with E-state index in [4.69, 9.17) is 9.26 Å². The van der Waals surface area contributed by atoms with Gasteiger partial charge in [-0.2, -0.15) is 4.98 Å². The average molecular weight is 284 g/mol. The summed E-state index contributed by atoms with van der Waals surface area (Å²) in [6, 6.07) is 10.7. The number of aromatic nitrogens is 2. The molecule has 0 spiro atoms.